The number of anilines is 1. The van der Waals surface area contributed by atoms with Crippen LogP contribution in [0.2, 0.25) is 0 Å². The van der Waals surface area contributed by atoms with Gasteiger partial charge in [0.2, 0.25) is 5.89 Å². The normalized spacial score (nSPS) is 22.9. The molecule has 0 spiro atoms. The molecular formula is C12H20N4O. The van der Waals surface area contributed by atoms with E-state index in [9.17, 15) is 0 Å². The number of piperazine rings is 1. The van der Waals surface area contributed by atoms with Crippen molar-refractivity contribution in [1.82, 2.24) is 15.5 Å². The monoisotopic (exact) mass is 236 g/mol. The van der Waals surface area contributed by atoms with E-state index in [1.165, 1.54) is 32.1 Å². The summed E-state index contributed by atoms with van der Waals surface area (Å²) >= 11 is 0. The Morgan fingerprint density at radius 1 is 1.06 bits per heavy atom. The molecule has 1 aliphatic heterocycles. The molecule has 5 heteroatoms. The molecule has 0 aromatic carbocycles. The lowest BCUT2D eigenvalue weighted by atomic mass is 9.89. The third-order valence-corrected chi connectivity index (χ3v) is 3.77. The SMILES string of the molecule is C1CCC(c2nnc(N3CCNCC3)o2)CC1. The molecule has 17 heavy (non-hydrogen) atoms. The molecule has 3 rings (SSSR count). The van der Waals surface area contributed by atoms with Crippen LogP contribution in [-0.2, 0) is 0 Å². The number of nitrogens with zero attached hydrogens (tertiary/aromatic N) is 3. The molecule has 94 valence electrons. The van der Waals surface area contributed by atoms with Crippen LogP contribution in [0.25, 0.3) is 0 Å². The Labute approximate surface area is 102 Å². The van der Waals surface area contributed by atoms with Crippen molar-refractivity contribution in [2.75, 3.05) is 31.1 Å². The van der Waals surface area contributed by atoms with E-state index in [4.69, 9.17) is 4.42 Å². The van der Waals surface area contributed by atoms with Crippen LogP contribution < -0.4 is 10.2 Å². The van der Waals surface area contributed by atoms with Gasteiger partial charge in [0.05, 0.1) is 0 Å². The maximum atomic E-state index is 5.84. The van der Waals surface area contributed by atoms with Crippen LogP contribution in [0.5, 0.6) is 0 Å². The Bertz CT molecular complexity index is 321. The lowest BCUT2D eigenvalue weighted by molar-refractivity contribution is 0.361. The largest absolute Gasteiger partial charge is 0.408 e. The molecule has 1 aromatic heterocycles. The standard InChI is InChI=1S/C12H20N4O/c1-2-4-10(5-3-1)11-14-15-12(17-11)16-8-6-13-7-9-16/h10,13H,1-9H2. The van der Waals surface area contributed by atoms with Crippen molar-refractivity contribution in [1.29, 1.82) is 0 Å². The highest BCUT2D eigenvalue weighted by atomic mass is 16.4. The smallest absolute Gasteiger partial charge is 0.318 e. The fraction of sp³-hybridized carbons (Fsp3) is 0.833. The van der Waals surface area contributed by atoms with Gasteiger partial charge in [0.15, 0.2) is 0 Å². The number of hydrogen-bond donors (Lipinski definition) is 1. The van der Waals surface area contributed by atoms with Crippen molar-refractivity contribution in [2.45, 2.75) is 38.0 Å². The molecule has 1 aliphatic carbocycles. The van der Waals surface area contributed by atoms with Crippen molar-refractivity contribution in [2.24, 2.45) is 0 Å². The van der Waals surface area contributed by atoms with E-state index in [1.807, 2.05) is 0 Å². The average Bonchev–Trinajstić information content (AvgIpc) is 2.90. The van der Waals surface area contributed by atoms with Gasteiger partial charge >= 0.3 is 6.01 Å². The zero-order chi connectivity index (χ0) is 11.5. The van der Waals surface area contributed by atoms with Crippen molar-refractivity contribution in [3.8, 4) is 0 Å². The highest BCUT2D eigenvalue weighted by Crippen LogP contribution is 2.32. The van der Waals surface area contributed by atoms with Gasteiger partial charge in [0.1, 0.15) is 0 Å². The Morgan fingerprint density at radius 3 is 2.59 bits per heavy atom. The lowest BCUT2D eigenvalue weighted by Crippen LogP contribution is -2.43. The van der Waals surface area contributed by atoms with Gasteiger partial charge in [-0.3, -0.25) is 0 Å². The van der Waals surface area contributed by atoms with Crippen LogP contribution in [0.15, 0.2) is 4.42 Å². The number of hydrogen-bond acceptors (Lipinski definition) is 5. The molecule has 0 unspecified atom stereocenters. The lowest BCUT2D eigenvalue weighted by Gasteiger charge is -2.25. The van der Waals surface area contributed by atoms with Gasteiger partial charge in [0.25, 0.3) is 0 Å². The zero-order valence-electron chi connectivity index (χ0n) is 10.2. The average molecular weight is 236 g/mol. The minimum atomic E-state index is 0.507. The van der Waals surface area contributed by atoms with Gasteiger partial charge in [-0.15, -0.1) is 5.10 Å². The second kappa shape index (κ2) is 5.04. The van der Waals surface area contributed by atoms with Crippen LogP contribution in [0.4, 0.5) is 6.01 Å². The van der Waals surface area contributed by atoms with Crippen LogP contribution in [0.1, 0.15) is 43.9 Å². The highest BCUT2D eigenvalue weighted by molar-refractivity contribution is 5.25. The van der Waals surface area contributed by atoms with E-state index >= 15 is 0 Å². The number of aromatic nitrogens is 2. The summed E-state index contributed by atoms with van der Waals surface area (Å²) < 4.78 is 5.84. The molecule has 1 saturated carbocycles. The van der Waals surface area contributed by atoms with Gasteiger partial charge < -0.3 is 14.6 Å². The first-order valence-electron chi connectivity index (χ1n) is 6.72. The Hall–Kier alpha value is -1.10. The topological polar surface area (TPSA) is 54.2 Å². The first-order valence-corrected chi connectivity index (χ1v) is 6.72. The molecule has 0 bridgehead atoms. The summed E-state index contributed by atoms with van der Waals surface area (Å²) in [5, 5.41) is 11.8. The van der Waals surface area contributed by atoms with Crippen molar-refractivity contribution in [3.63, 3.8) is 0 Å². The summed E-state index contributed by atoms with van der Waals surface area (Å²) in [5.41, 5.74) is 0. The minimum absolute atomic E-state index is 0.507. The fourth-order valence-corrected chi connectivity index (χ4v) is 2.72. The molecule has 1 N–H and O–H groups in total. The first kappa shape index (κ1) is 11.0. The Balaban J connectivity index is 1.68. The van der Waals surface area contributed by atoms with Crippen molar-refractivity contribution >= 4 is 6.01 Å². The van der Waals surface area contributed by atoms with Crippen LogP contribution in [-0.4, -0.2) is 36.4 Å². The molecule has 2 heterocycles. The molecule has 2 aliphatic rings. The van der Waals surface area contributed by atoms with Gasteiger partial charge in [-0.2, -0.15) is 0 Å². The van der Waals surface area contributed by atoms with E-state index in [2.05, 4.69) is 20.4 Å². The minimum Gasteiger partial charge on any atom is -0.408 e. The van der Waals surface area contributed by atoms with Gasteiger partial charge in [-0.1, -0.05) is 24.4 Å². The van der Waals surface area contributed by atoms with Crippen LogP contribution in [0, 0.1) is 0 Å². The molecule has 1 aromatic rings. The van der Waals surface area contributed by atoms with E-state index in [-0.39, 0.29) is 0 Å². The third kappa shape index (κ3) is 2.44. The predicted octanol–water partition coefficient (Wildman–Crippen LogP) is 1.53. The summed E-state index contributed by atoms with van der Waals surface area (Å²) in [6.07, 6.45) is 6.38. The summed E-state index contributed by atoms with van der Waals surface area (Å²) in [7, 11) is 0. The molecular weight excluding hydrogens is 216 g/mol. The first-order chi connectivity index (χ1) is 8.43. The maximum absolute atomic E-state index is 5.84. The quantitative estimate of drug-likeness (QED) is 0.844. The maximum Gasteiger partial charge on any atom is 0.318 e. The Kier molecular flexibility index (Phi) is 3.27. The number of rotatable bonds is 2. The van der Waals surface area contributed by atoms with E-state index < -0.39 is 0 Å². The van der Waals surface area contributed by atoms with Crippen molar-refractivity contribution < 1.29 is 4.42 Å². The van der Waals surface area contributed by atoms with Gasteiger partial charge in [-0.05, 0) is 12.8 Å². The Morgan fingerprint density at radius 2 is 1.82 bits per heavy atom. The highest BCUT2D eigenvalue weighted by Gasteiger charge is 2.23. The second-order valence-electron chi connectivity index (χ2n) is 4.99. The molecule has 0 radical (unpaired) electrons. The van der Waals surface area contributed by atoms with E-state index in [0.717, 1.165) is 32.1 Å². The number of nitrogens with one attached hydrogen (secondary N) is 1. The zero-order valence-corrected chi connectivity index (χ0v) is 10.2. The summed E-state index contributed by atoms with van der Waals surface area (Å²) in [6.45, 7) is 3.93. The molecule has 1 saturated heterocycles. The van der Waals surface area contributed by atoms with Crippen molar-refractivity contribution in [3.05, 3.63) is 5.89 Å². The molecule has 0 atom stereocenters. The summed E-state index contributed by atoms with van der Waals surface area (Å²) in [5.74, 6) is 1.37. The van der Waals surface area contributed by atoms with Gasteiger partial charge in [0, 0.05) is 32.1 Å². The summed E-state index contributed by atoms with van der Waals surface area (Å²) in [4.78, 5) is 2.18. The van der Waals surface area contributed by atoms with Gasteiger partial charge in [-0.25, -0.2) is 0 Å². The summed E-state index contributed by atoms with van der Waals surface area (Å²) in [6, 6.07) is 0.715. The van der Waals surface area contributed by atoms with Crippen LogP contribution in [0.3, 0.4) is 0 Å². The van der Waals surface area contributed by atoms with Crippen LogP contribution >= 0.6 is 0 Å². The molecule has 5 nitrogen and oxygen atoms in total. The predicted molar refractivity (Wildman–Crippen MR) is 65.2 cm³/mol. The molecule has 2 fully saturated rings. The molecule has 0 amide bonds. The third-order valence-electron chi connectivity index (χ3n) is 3.77. The van der Waals surface area contributed by atoms with E-state index in [0.29, 0.717) is 11.9 Å². The van der Waals surface area contributed by atoms with E-state index in [1.54, 1.807) is 0 Å². The fourth-order valence-electron chi connectivity index (χ4n) is 2.72. The second-order valence-corrected chi connectivity index (χ2v) is 4.99.